The van der Waals surface area contributed by atoms with Gasteiger partial charge < -0.3 is 15.1 Å². The summed E-state index contributed by atoms with van der Waals surface area (Å²) in [5.74, 6) is 1.79. The maximum Gasteiger partial charge on any atom is 0.226 e. The largest absolute Gasteiger partial charge is 0.441 e. The molecule has 5 nitrogen and oxygen atoms in total. The van der Waals surface area contributed by atoms with E-state index in [0.717, 1.165) is 17.0 Å². The Morgan fingerprint density at radius 1 is 1.29 bits per heavy atom. The van der Waals surface area contributed by atoms with Crippen LogP contribution >= 0.6 is 0 Å². The minimum atomic E-state index is -0.00434. The first-order valence-corrected chi connectivity index (χ1v) is 7.10. The number of hydrogen-bond donors (Lipinski definition) is 2. The first kappa shape index (κ1) is 15.3. The van der Waals surface area contributed by atoms with Gasteiger partial charge in [0, 0.05) is 30.1 Å². The van der Waals surface area contributed by atoms with Crippen LogP contribution in [-0.4, -0.2) is 24.5 Å². The highest BCUT2D eigenvalue weighted by Crippen LogP contribution is 2.24. The summed E-state index contributed by atoms with van der Waals surface area (Å²) in [6.45, 7) is 4.79. The molecule has 5 heteroatoms. The molecule has 0 aliphatic rings. The molecule has 2 rings (SSSR count). The smallest absolute Gasteiger partial charge is 0.226 e. The molecule has 1 amide bonds. The van der Waals surface area contributed by atoms with Gasteiger partial charge in [-0.2, -0.15) is 0 Å². The minimum absolute atomic E-state index is 0.00434. The zero-order valence-electron chi connectivity index (χ0n) is 12.6. The Kier molecular flexibility index (Phi) is 5.11. The van der Waals surface area contributed by atoms with Crippen molar-refractivity contribution in [2.75, 3.05) is 18.9 Å². The third-order valence-electron chi connectivity index (χ3n) is 3.11. The molecule has 0 fully saturated rings. The Morgan fingerprint density at radius 2 is 2.00 bits per heavy atom. The summed E-state index contributed by atoms with van der Waals surface area (Å²) >= 11 is 0. The molecule has 0 bridgehead atoms. The van der Waals surface area contributed by atoms with Crippen LogP contribution in [0.15, 0.2) is 34.9 Å². The zero-order chi connectivity index (χ0) is 15.2. The number of benzene rings is 1. The summed E-state index contributed by atoms with van der Waals surface area (Å²) in [6, 6.07) is 7.49. The van der Waals surface area contributed by atoms with Crippen LogP contribution in [0.1, 0.15) is 31.9 Å². The molecule has 0 aliphatic carbocycles. The fourth-order valence-electron chi connectivity index (χ4n) is 1.85. The standard InChI is InChI=1S/C16H21N3O2/c1-11(2)14-10-18-16(21-14)12-4-6-13(7-5-12)19-15(20)8-9-17-3/h4-7,10-11,17H,8-9H2,1-3H3,(H,19,20). The van der Waals surface area contributed by atoms with Crippen LogP contribution < -0.4 is 10.6 Å². The van der Waals surface area contributed by atoms with Gasteiger partial charge in [-0.3, -0.25) is 4.79 Å². The van der Waals surface area contributed by atoms with Gasteiger partial charge in [0.2, 0.25) is 11.8 Å². The number of nitrogens with one attached hydrogen (secondary N) is 2. The lowest BCUT2D eigenvalue weighted by Gasteiger charge is -2.05. The number of rotatable bonds is 6. The quantitative estimate of drug-likeness (QED) is 0.857. The molecule has 0 atom stereocenters. The van der Waals surface area contributed by atoms with Gasteiger partial charge in [-0.15, -0.1) is 0 Å². The SMILES string of the molecule is CNCCC(=O)Nc1ccc(-c2ncc(C(C)C)o2)cc1. The van der Waals surface area contributed by atoms with Crippen LogP contribution in [0.5, 0.6) is 0 Å². The summed E-state index contributed by atoms with van der Waals surface area (Å²) in [4.78, 5) is 15.9. The number of anilines is 1. The topological polar surface area (TPSA) is 67.2 Å². The first-order valence-electron chi connectivity index (χ1n) is 7.10. The number of amides is 1. The second-order valence-electron chi connectivity index (χ2n) is 5.20. The summed E-state index contributed by atoms with van der Waals surface area (Å²) in [5.41, 5.74) is 1.67. The number of hydrogen-bond acceptors (Lipinski definition) is 4. The van der Waals surface area contributed by atoms with Crippen molar-refractivity contribution >= 4 is 11.6 Å². The van der Waals surface area contributed by atoms with Crippen molar-refractivity contribution in [3.63, 3.8) is 0 Å². The number of carbonyl (C=O) groups excluding carboxylic acids is 1. The molecular formula is C16H21N3O2. The molecule has 2 N–H and O–H groups in total. The molecule has 0 spiro atoms. The second-order valence-corrected chi connectivity index (χ2v) is 5.20. The van der Waals surface area contributed by atoms with E-state index in [9.17, 15) is 4.79 Å². The molecule has 0 aliphatic heterocycles. The van der Waals surface area contributed by atoms with Gasteiger partial charge in [0.05, 0.1) is 6.20 Å². The van der Waals surface area contributed by atoms with Crippen LogP contribution in [0.4, 0.5) is 5.69 Å². The van der Waals surface area contributed by atoms with E-state index in [4.69, 9.17) is 4.42 Å². The Morgan fingerprint density at radius 3 is 2.57 bits per heavy atom. The Bertz CT molecular complexity index is 588. The maximum absolute atomic E-state index is 11.6. The Hall–Kier alpha value is -2.14. The molecule has 0 saturated heterocycles. The molecule has 21 heavy (non-hydrogen) atoms. The van der Waals surface area contributed by atoms with Crippen molar-refractivity contribution in [1.29, 1.82) is 0 Å². The van der Waals surface area contributed by atoms with Crippen molar-refractivity contribution in [3.8, 4) is 11.5 Å². The van der Waals surface area contributed by atoms with Crippen molar-refractivity contribution in [1.82, 2.24) is 10.3 Å². The van der Waals surface area contributed by atoms with Gasteiger partial charge in [0.1, 0.15) is 5.76 Å². The Labute approximate surface area is 124 Å². The van der Waals surface area contributed by atoms with Gasteiger partial charge in [0.25, 0.3) is 0 Å². The highest BCUT2D eigenvalue weighted by Gasteiger charge is 2.09. The fourth-order valence-corrected chi connectivity index (χ4v) is 1.85. The highest BCUT2D eigenvalue weighted by molar-refractivity contribution is 5.91. The fraction of sp³-hybridized carbons (Fsp3) is 0.375. The molecule has 2 aromatic rings. The van der Waals surface area contributed by atoms with Crippen molar-refractivity contribution < 1.29 is 9.21 Å². The predicted octanol–water partition coefficient (Wildman–Crippen LogP) is 3.01. The van der Waals surface area contributed by atoms with Crippen LogP contribution in [0.25, 0.3) is 11.5 Å². The van der Waals surface area contributed by atoms with E-state index in [0.29, 0.717) is 24.8 Å². The van der Waals surface area contributed by atoms with Crippen LogP contribution in [0.2, 0.25) is 0 Å². The third kappa shape index (κ3) is 4.16. The number of oxazole rings is 1. The van der Waals surface area contributed by atoms with E-state index in [2.05, 4.69) is 29.5 Å². The lowest BCUT2D eigenvalue weighted by molar-refractivity contribution is -0.116. The highest BCUT2D eigenvalue weighted by atomic mass is 16.4. The lowest BCUT2D eigenvalue weighted by Crippen LogP contribution is -2.18. The summed E-state index contributed by atoms with van der Waals surface area (Å²) < 4.78 is 5.70. The predicted molar refractivity (Wildman–Crippen MR) is 83.2 cm³/mol. The average Bonchev–Trinajstić information content (AvgIpc) is 2.96. The van der Waals surface area contributed by atoms with Gasteiger partial charge in [-0.1, -0.05) is 13.8 Å². The second kappa shape index (κ2) is 7.04. The molecule has 112 valence electrons. The molecule has 1 aromatic carbocycles. The van der Waals surface area contributed by atoms with E-state index in [1.807, 2.05) is 31.3 Å². The monoisotopic (exact) mass is 287 g/mol. The average molecular weight is 287 g/mol. The minimum Gasteiger partial charge on any atom is -0.441 e. The molecule has 0 radical (unpaired) electrons. The Balaban J connectivity index is 2.02. The molecule has 1 heterocycles. The van der Waals surface area contributed by atoms with E-state index >= 15 is 0 Å². The van der Waals surface area contributed by atoms with Crippen LogP contribution in [0.3, 0.4) is 0 Å². The number of aromatic nitrogens is 1. The van der Waals surface area contributed by atoms with E-state index in [1.165, 1.54) is 0 Å². The van der Waals surface area contributed by atoms with Crippen LogP contribution in [-0.2, 0) is 4.79 Å². The molecule has 1 aromatic heterocycles. The van der Waals surface area contributed by atoms with Gasteiger partial charge in [0.15, 0.2) is 0 Å². The van der Waals surface area contributed by atoms with Gasteiger partial charge in [-0.05, 0) is 31.3 Å². The summed E-state index contributed by atoms with van der Waals surface area (Å²) in [6.07, 6.45) is 2.21. The molecule has 0 unspecified atom stereocenters. The number of carbonyl (C=O) groups is 1. The van der Waals surface area contributed by atoms with E-state index < -0.39 is 0 Å². The summed E-state index contributed by atoms with van der Waals surface area (Å²) in [7, 11) is 1.82. The van der Waals surface area contributed by atoms with Gasteiger partial charge >= 0.3 is 0 Å². The first-order chi connectivity index (χ1) is 10.1. The maximum atomic E-state index is 11.6. The number of nitrogens with zero attached hydrogens (tertiary/aromatic N) is 1. The summed E-state index contributed by atoms with van der Waals surface area (Å²) in [5, 5.41) is 5.79. The van der Waals surface area contributed by atoms with Crippen LogP contribution in [0, 0.1) is 0 Å². The van der Waals surface area contributed by atoms with Crippen molar-refractivity contribution in [2.24, 2.45) is 0 Å². The lowest BCUT2D eigenvalue weighted by atomic mass is 10.2. The van der Waals surface area contributed by atoms with Crippen molar-refractivity contribution in [2.45, 2.75) is 26.2 Å². The molecule has 0 saturated carbocycles. The van der Waals surface area contributed by atoms with Gasteiger partial charge in [-0.25, -0.2) is 4.98 Å². The zero-order valence-corrected chi connectivity index (χ0v) is 12.6. The normalized spacial score (nSPS) is 10.9. The third-order valence-corrected chi connectivity index (χ3v) is 3.11. The van der Waals surface area contributed by atoms with E-state index in [-0.39, 0.29) is 5.91 Å². The van der Waals surface area contributed by atoms with E-state index in [1.54, 1.807) is 6.20 Å². The van der Waals surface area contributed by atoms with Crippen molar-refractivity contribution in [3.05, 3.63) is 36.2 Å². The molecular weight excluding hydrogens is 266 g/mol.